The molecular formula is C75H103N9. The molecule has 0 N–H and O–H groups in total. The fraction of sp³-hybridized carbons (Fsp3) is 0.373. The van der Waals surface area contributed by atoms with Crippen LogP contribution in [0.3, 0.4) is 0 Å². The van der Waals surface area contributed by atoms with Crippen molar-refractivity contribution in [3.8, 4) is 0 Å². The standard InChI is InChI=1S/3C9H7N.C8H6N2.C8H10N2.C8H6N2.6C4H10/c3*1-2-6-9-8(4-1)5-3-7-10-9;1-3-7-8(9-5-1)4-2-6-10-7;2*1-2-4-8-7(3-1)5-9-6-10-8;6*1-4(2)3/h3*1-7H;1-6H;5-6H,1-4H2;1-6H;6*4H,1-3H3. The van der Waals surface area contributed by atoms with Gasteiger partial charge in [-0.15, -0.1) is 0 Å². The predicted molar refractivity (Wildman–Crippen MR) is 366 cm³/mol. The van der Waals surface area contributed by atoms with Gasteiger partial charge in [-0.2, -0.15) is 0 Å². The first kappa shape index (κ1) is 74.1. The van der Waals surface area contributed by atoms with Crippen LogP contribution in [0.25, 0.3) is 54.6 Å². The summed E-state index contributed by atoms with van der Waals surface area (Å²) in [7, 11) is 0. The van der Waals surface area contributed by atoms with Crippen LogP contribution in [0, 0.1) is 35.5 Å². The first-order valence-corrected chi connectivity index (χ1v) is 30.2. The van der Waals surface area contributed by atoms with Crippen LogP contribution in [0.4, 0.5) is 0 Å². The summed E-state index contributed by atoms with van der Waals surface area (Å²) >= 11 is 0. The van der Waals surface area contributed by atoms with Crippen molar-refractivity contribution in [2.24, 2.45) is 35.5 Å². The van der Waals surface area contributed by atoms with Gasteiger partial charge in [0.15, 0.2) is 0 Å². The van der Waals surface area contributed by atoms with Gasteiger partial charge in [-0.1, -0.05) is 216 Å². The lowest BCUT2D eigenvalue weighted by Gasteiger charge is -2.11. The Morgan fingerprint density at radius 3 is 0.833 bits per heavy atom. The van der Waals surface area contributed by atoms with Gasteiger partial charge in [0, 0.05) is 70.6 Å². The molecule has 0 saturated heterocycles. The van der Waals surface area contributed by atoms with E-state index in [0.717, 1.165) is 80.4 Å². The van der Waals surface area contributed by atoms with E-state index in [1.807, 2.05) is 152 Å². The molecule has 0 spiro atoms. The van der Waals surface area contributed by atoms with Gasteiger partial charge < -0.3 is 0 Å². The normalized spacial score (nSPS) is 10.5. The zero-order valence-electron chi connectivity index (χ0n) is 54.5. The SMILES string of the molecule is CC(C)C.CC(C)C.CC(C)C.CC(C)C.CC(C)C.CC(C)C.c1ccc2ncccc2c1.c1ccc2ncccc2c1.c1ccc2ncccc2c1.c1ccc2ncncc2c1.c1cnc2cccnc2c1.c1ncc2c(n1)CCCC2. The van der Waals surface area contributed by atoms with Crippen LogP contribution < -0.4 is 0 Å². The van der Waals surface area contributed by atoms with Crippen molar-refractivity contribution in [1.29, 1.82) is 0 Å². The van der Waals surface area contributed by atoms with Crippen LogP contribution in [0.5, 0.6) is 0 Å². The lowest BCUT2D eigenvalue weighted by molar-refractivity contribution is 0.662. The van der Waals surface area contributed by atoms with Gasteiger partial charge in [0.25, 0.3) is 0 Å². The smallest absolute Gasteiger partial charge is 0.116 e. The Bertz CT molecular complexity index is 2490. The molecule has 0 bridgehead atoms. The van der Waals surface area contributed by atoms with E-state index in [2.05, 4.69) is 206 Å². The summed E-state index contributed by atoms with van der Waals surface area (Å²) in [4.78, 5) is 36.9. The Hall–Kier alpha value is -7.91. The number of rotatable bonds is 0. The van der Waals surface area contributed by atoms with E-state index in [9.17, 15) is 0 Å². The molecule has 448 valence electrons. The highest BCUT2D eigenvalue weighted by atomic mass is 14.8. The lowest BCUT2D eigenvalue weighted by atomic mass is 9.98. The number of nitrogens with zero attached hydrogens (tertiary/aromatic N) is 9. The Morgan fingerprint density at radius 2 is 0.500 bits per heavy atom. The van der Waals surface area contributed by atoms with Crippen LogP contribution in [-0.4, -0.2) is 44.9 Å². The second-order valence-electron chi connectivity index (χ2n) is 23.8. The first-order chi connectivity index (χ1) is 40.2. The lowest BCUT2D eigenvalue weighted by Crippen LogP contribution is -2.04. The van der Waals surface area contributed by atoms with E-state index >= 15 is 0 Å². The predicted octanol–water partition coefficient (Wildman–Crippen LogP) is 21.3. The molecule has 0 amide bonds. The van der Waals surface area contributed by atoms with E-state index in [1.54, 1.807) is 25.0 Å². The zero-order valence-corrected chi connectivity index (χ0v) is 54.5. The molecule has 9 heteroatoms. The maximum absolute atomic E-state index is 4.21. The molecule has 0 unspecified atom stereocenters. The largest absolute Gasteiger partial charge is 0.256 e. The molecule has 0 fully saturated rings. The maximum atomic E-state index is 4.21. The van der Waals surface area contributed by atoms with Gasteiger partial charge in [0.05, 0.1) is 33.1 Å². The molecule has 7 aromatic heterocycles. The molecule has 11 aromatic rings. The number of aromatic nitrogens is 9. The van der Waals surface area contributed by atoms with Gasteiger partial charge in [-0.05, 0) is 133 Å². The summed E-state index contributed by atoms with van der Waals surface area (Å²) in [6.45, 7) is 39.0. The van der Waals surface area contributed by atoms with Gasteiger partial charge in [0.2, 0.25) is 0 Å². The zero-order chi connectivity index (χ0) is 62.3. The number of hydrogen-bond donors (Lipinski definition) is 0. The highest BCUT2D eigenvalue weighted by Gasteiger charge is 2.08. The van der Waals surface area contributed by atoms with Crippen molar-refractivity contribution in [3.05, 3.63) is 225 Å². The van der Waals surface area contributed by atoms with E-state index in [1.165, 1.54) is 46.7 Å². The monoisotopic (exact) mass is 1130 g/mol. The minimum absolute atomic E-state index is 0.833. The number of para-hydroxylation sites is 4. The Morgan fingerprint density at radius 1 is 0.250 bits per heavy atom. The minimum atomic E-state index is 0.833. The van der Waals surface area contributed by atoms with E-state index in [0.29, 0.717) is 0 Å². The van der Waals surface area contributed by atoms with Crippen LogP contribution >= 0.6 is 0 Å². The molecule has 0 saturated carbocycles. The number of hydrogen-bond acceptors (Lipinski definition) is 9. The number of aryl methyl sites for hydroxylation is 2. The Labute approximate surface area is 507 Å². The van der Waals surface area contributed by atoms with Crippen molar-refractivity contribution in [1.82, 2.24) is 44.9 Å². The van der Waals surface area contributed by atoms with E-state index in [-0.39, 0.29) is 0 Å². The molecule has 4 aromatic carbocycles. The van der Waals surface area contributed by atoms with Crippen molar-refractivity contribution < 1.29 is 0 Å². The van der Waals surface area contributed by atoms with Crippen LogP contribution in [0.1, 0.15) is 149 Å². The van der Waals surface area contributed by atoms with Crippen LogP contribution in [0.2, 0.25) is 0 Å². The topological polar surface area (TPSA) is 116 Å². The maximum Gasteiger partial charge on any atom is 0.116 e. The molecule has 9 nitrogen and oxygen atoms in total. The van der Waals surface area contributed by atoms with Gasteiger partial charge in [-0.3, -0.25) is 24.9 Å². The number of benzene rings is 4. The molecule has 0 radical (unpaired) electrons. The fourth-order valence-electron chi connectivity index (χ4n) is 6.30. The van der Waals surface area contributed by atoms with Crippen molar-refractivity contribution >= 4 is 54.6 Å². The van der Waals surface area contributed by atoms with Crippen LogP contribution in [0.15, 0.2) is 214 Å². The minimum Gasteiger partial charge on any atom is -0.256 e. The van der Waals surface area contributed by atoms with Crippen molar-refractivity contribution in [2.75, 3.05) is 0 Å². The summed E-state index contributed by atoms with van der Waals surface area (Å²) < 4.78 is 0. The molecule has 0 atom stereocenters. The van der Waals surface area contributed by atoms with Gasteiger partial charge in [0.1, 0.15) is 12.7 Å². The molecule has 84 heavy (non-hydrogen) atoms. The van der Waals surface area contributed by atoms with Crippen LogP contribution in [-0.2, 0) is 12.8 Å². The summed E-state index contributed by atoms with van der Waals surface area (Å²) in [5, 5.41) is 4.69. The summed E-state index contributed by atoms with van der Waals surface area (Å²) in [5.41, 5.74) is 8.70. The average molecular weight is 1130 g/mol. The highest BCUT2D eigenvalue weighted by Crippen LogP contribution is 2.17. The molecular weight excluding hydrogens is 1030 g/mol. The van der Waals surface area contributed by atoms with Crippen molar-refractivity contribution in [2.45, 2.75) is 150 Å². The van der Waals surface area contributed by atoms with Crippen molar-refractivity contribution in [3.63, 3.8) is 0 Å². The second kappa shape index (κ2) is 46.6. The average Bonchev–Trinajstić information content (AvgIpc) is 3.49. The molecule has 1 aliphatic rings. The molecule has 0 aliphatic heterocycles. The van der Waals surface area contributed by atoms with Gasteiger partial charge in [-0.25, -0.2) is 19.9 Å². The third-order valence-electron chi connectivity index (χ3n) is 9.31. The third kappa shape index (κ3) is 39.5. The highest BCUT2D eigenvalue weighted by molar-refractivity contribution is 5.79. The fourth-order valence-corrected chi connectivity index (χ4v) is 6.30. The summed E-state index contributed by atoms with van der Waals surface area (Å²) in [6, 6.07) is 51.8. The molecule has 1 aliphatic carbocycles. The Balaban J connectivity index is 0.000000469. The molecule has 12 rings (SSSR count). The third-order valence-corrected chi connectivity index (χ3v) is 9.31. The van der Waals surface area contributed by atoms with E-state index < -0.39 is 0 Å². The summed E-state index contributed by atoms with van der Waals surface area (Å²) in [6.07, 6.45) is 20.8. The number of fused-ring (bicyclic) bond motifs is 6. The van der Waals surface area contributed by atoms with Gasteiger partial charge >= 0.3 is 0 Å². The van der Waals surface area contributed by atoms with E-state index in [4.69, 9.17) is 0 Å². The first-order valence-electron chi connectivity index (χ1n) is 30.2. The number of pyridine rings is 5. The Kier molecular flexibility index (Phi) is 41.1. The quantitative estimate of drug-likeness (QED) is 0.146. The second-order valence-corrected chi connectivity index (χ2v) is 23.8. The molecule has 7 heterocycles. The summed E-state index contributed by atoms with van der Waals surface area (Å²) in [5.74, 6) is 5.00.